The van der Waals surface area contributed by atoms with Gasteiger partial charge in [0.25, 0.3) is 11.2 Å². The quantitative estimate of drug-likeness (QED) is 0.0898. The maximum absolute atomic E-state index is 13.6. The summed E-state index contributed by atoms with van der Waals surface area (Å²) in [5.74, 6) is 1.19. The number of thioether (sulfide) groups is 1. The normalized spacial score (nSPS) is 11.2. The maximum Gasteiger partial charge on any atom is 0.278 e. The van der Waals surface area contributed by atoms with E-state index in [1.165, 1.54) is 35.2 Å². The van der Waals surface area contributed by atoms with E-state index in [4.69, 9.17) is 21.6 Å². The Kier molecular flexibility index (Phi) is 6.14. The number of benzene rings is 2. The van der Waals surface area contributed by atoms with E-state index >= 15 is 0 Å². The largest absolute Gasteiger partial charge is 0.467 e. The van der Waals surface area contributed by atoms with Crippen LogP contribution in [0.25, 0.3) is 16.0 Å². The summed E-state index contributed by atoms with van der Waals surface area (Å²) >= 11 is 8.16. The number of rotatable bonds is 7. The minimum absolute atomic E-state index is 0.0321. The molecule has 8 nitrogen and oxygen atoms in total. The molecule has 0 radical (unpaired) electrons. The Morgan fingerprint density at radius 2 is 1.85 bits per heavy atom. The fourth-order valence-corrected chi connectivity index (χ4v) is 5.66. The van der Waals surface area contributed by atoms with E-state index < -0.39 is 4.92 Å². The highest BCUT2D eigenvalue weighted by atomic mass is 32.2. The lowest BCUT2D eigenvalue weighted by Crippen LogP contribution is -2.21. The van der Waals surface area contributed by atoms with Gasteiger partial charge in [-0.2, -0.15) is 0 Å². The van der Waals surface area contributed by atoms with E-state index in [2.05, 4.69) is 0 Å². The summed E-state index contributed by atoms with van der Waals surface area (Å²) in [7, 11) is 0. The first-order chi connectivity index (χ1) is 16.5. The maximum atomic E-state index is 13.6. The van der Waals surface area contributed by atoms with Crippen LogP contribution in [0.1, 0.15) is 11.3 Å². The zero-order chi connectivity index (χ0) is 23.7. The second-order valence-corrected chi connectivity index (χ2v) is 9.86. The zero-order valence-electron chi connectivity index (χ0n) is 17.5. The summed E-state index contributed by atoms with van der Waals surface area (Å²) in [5, 5.41) is 11.4. The molecule has 0 unspecified atom stereocenters. The van der Waals surface area contributed by atoms with Crippen LogP contribution in [0.2, 0.25) is 0 Å². The van der Waals surface area contributed by atoms with E-state index in [0.717, 1.165) is 5.56 Å². The minimum atomic E-state index is -0.430. The van der Waals surface area contributed by atoms with E-state index in [-0.39, 0.29) is 11.2 Å². The monoisotopic (exact) mass is 508 g/mol. The van der Waals surface area contributed by atoms with Gasteiger partial charge in [-0.05, 0) is 42.0 Å². The minimum Gasteiger partial charge on any atom is -0.467 e. The van der Waals surface area contributed by atoms with Gasteiger partial charge in [0.1, 0.15) is 10.5 Å². The molecule has 34 heavy (non-hydrogen) atoms. The van der Waals surface area contributed by atoms with Crippen molar-refractivity contribution in [3.8, 4) is 5.69 Å². The lowest BCUT2D eigenvalue weighted by Gasteiger charge is -2.12. The van der Waals surface area contributed by atoms with Gasteiger partial charge in [0.2, 0.25) is 0 Å². The van der Waals surface area contributed by atoms with Gasteiger partial charge in [-0.15, -0.1) is 0 Å². The summed E-state index contributed by atoms with van der Waals surface area (Å²) < 4.78 is 9.87. The number of nitrogens with zero attached hydrogens (tertiary/aromatic N) is 4. The summed E-state index contributed by atoms with van der Waals surface area (Å²) in [4.78, 5) is 29.0. The standard InChI is InChI=1S/C23H16N4O4S3/c28-21-19-20(25(23(32)34-19)13-18-7-4-12-31-18)24-22(26(21)16-5-2-1-3-6-16)33-14-15-8-10-17(11-9-15)27(29)30/h1-12H,13-14H2. The van der Waals surface area contributed by atoms with Crippen molar-refractivity contribution in [2.45, 2.75) is 17.5 Å². The molecule has 0 aliphatic rings. The number of fused-ring (bicyclic) bond motifs is 1. The van der Waals surface area contributed by atoms with Crippen LogP contribution >= 0.6 is 35.3 Å². The van der Waals surface area contributed by atoms with E-state index in [0.29, 0.717) is 43.2 Å². The molecule has 0 amide bonds. The molecule has 5 rings (SSSR count). The molecule has 0 saturated carbocycles. The Balaban J connectivity index is 1.60. The molecule has 0 aliphatic heterocycles. The zero-order valence-corrected chi connectivity index (χ0v) is 19.9. The van der Waals surface area contributed by atoms with Crippen LogP contribution < -0.4 is 5.56 Å². The van der Waals surface area contributed by atoms with Gasteiger partial charge in [0.05, 0.1) is 23.4 Å². The molecule has 3 heterocycles. The first kappa shape index (κ1) is 22.3. The number of hydrogen-bond acceptors (Lipinski definition) is 8. The van der Waals surface area contributed by atoms with Gasteiger partial charge in [-0.3, -0.25) is 24.0 Å². The molecule has 0 fully saturated rings. The SMILES string of the molecule is O=c1c2sc(=S)n(Cc3ccco3)c2nc(SCc2ccc([N+](=O)[O-])cc2)n1-c1ccccc1. The molecule has 0 bridgehead atoms. The lowest BCUT2D eigenvalue weighted by molar-refractivity contribution is -0.384. The van der Waals surface area contributed by atoms with Crippen molar-refractivity contribution >= 4 is 51.4 Å². The molecule has 0 N–H and O–H groups in total. The Bertz CT molecular complexity index is 1590. The Labute approximate surface area is 206 Å². The Hall–Kier alpha value is -3.54. The van der Waals surface area contributed by atoms with Gasteiger partial charge in [0, 0.05) is 17.9 Å². The van der Waals surface area contributed by atoms with Crippen molar-refractivity contribution < 1.29 is 9.34 Å². The van der Waals surface area contributed by atoms with Crippen LogP contribution in [0.5, 0.6) is 0 Å². The molecule has 0 atom stereocenters. The van der Waals surface area contributed by atoms with Gasteiger partial charge in [0.15, 0.2) is 14.8 Å². The predicted molar refractivity (Wildman–Crippen MR) is 135 cm³/mol. The number of nitro benzene ring substituents is 1. The van der Waals surface area contributed by atoms with Crippen molar-refractivity contribution in [2.75, 3.05) is 0 Å². The van der Waals surface area contributed by atoms with E-state index in [9.17, 15) is 14.9 Å². The second kappa shape index (κ2) is 9.37. The van der Waals surface area contributed by atoms with Crippen molar-refractivity contribution in [3.63, 3.8) is 0 Å². The molecule has 0 spiro atoms. The van der Waals surface area contributed by atoms with Gasteiger partial charge in [-0.25, -0.2) is 4.98 Å². The van der Waals surface area contributed by atoms with Gasteiger partial charge in [-0.1, -0.05) is 53.4 Å². The van der Waals surface area contributed by atoms with Crippen LogP contribution in [0.3, 0.4) is 0 Å². The Morgan fingerprint density at radius 1 is 1.09 bits per heavy atom. The van der Waals surface area contributed by atoms with E-state index in [1.54, 1.807) is 33.6 Å². The number of para-hydroxylation sites is 1. The third-order valence-electron chi connectivity index (χ3n) is 5.08. The van der Waals surface area contributed by atoms with Gasteiger partial charge < -0.3 is 4.42 Å². The molecular weight excluding hydrogens is 492 g/mol. The molecule has 5 aromatic rings. The number of furan rings is 1. The third-order valence-corrected chi connectivity index (χ3v) is 7.52. The van der Waals surface area contributed by atoms with Crippen LogP contribution in [0.4, 0.5) is 5.69 Å². The summed E-state index contributed by atoms with van der Waals surface area (Å²) in [5.41, 5.74) is 1.92. The number of non-ortho nitro benzene ring substituents is 1. The highest BCUT2D eigenvalue weighted by Crippen LogP contribution is 2.28. The summed E-state index contributed by atoms with van der Waals surface area (Å²) in [6, 6.07) is 19.3. The molecule has 11 heteroatoms. The molecule has 170 valence electrons. The highest BCUT2D eigenvalue weighted by Gasteiger charge is 2.19. The average Bonchev–Trinajstić information content (AvgIpc) is 3.47. The molecular formula is C23H16N4O4S3. The number of nitro groups is 1. The molecule has 2 aromatic carbocycles. The fraction of sp³-hybridized carbons (Fsp3) is 0.0870. The predicted octanol–water partition coefficient (Wildman–Crippen LogP) is 5.82. The number of aromatic nitrogens is 3. The van der Waals surface area contributed by atoms with Gasteiger partial charge >= 0.3 is 0 Å². The number of hydrogen-bond donors (Lipinski definition) is 0. The lowest BCUT2D eigenvalue weighted by atomic mass is 10.2. The first-order valence-corrected chi connectivity index (χ1v) is 12.3. The highest BCUT2D eigenvalue weighted by molar-refractivity contribution is 7.98. The summed E-state index contributed by atoms with van der Waals surface area (Å²) in [6.07, 6.45) is 1.59. The number of thiazole rings is 1. The fourth-order valence-electron chi connectivity index (χ4n) is 3.44. The van der Waals surface area contributed by atoms with Crippen LogP contribution in [0, 0.1) is 14.1 Å². The second-order valence-electron chi connectivity index (χ2n) is 7.27. The average molecular weight is 509 g/mol. The Morgan fingerprint density at radius 3 is 2.53 bits per heavy atom. The first-order valence-electron chi connectivity index (χ1n) is 10.1. The third kappa shape index (κ3) is 4.32. The van der Waals surface area contributed by atoms with Crippen molar-refractivity contribution in [1.29, 1.82) is 0 Å². The van der Waals surface area contributed by atoms with E-state index in [1.807, 2.05) is 36.4 Å². The smallest absolute Gasteiger partial charge is 0.278 e. The van der Waals surface area contributed by atoms with Crippen LogP contribution in [-0.4, -0.2) is 19.0 Å². The van der Waals surface area contributed by atoms with Crippen LogP contribution in [0.15, 0.2) is 87.4 Å². The van der Waals surface area contributed by atoms with Crippen molar-refractivity contribution in [3.05, 3.63) is 109 Å². The summed E-state index contributed by atoms with van der Waals surface area (Å²) in [6.45, 7) is 0.375. The molecule has 3 aromatic heterocycles. The van der Waals surface area contributed by atoms with Crippen LogP contribution in [-0.2, 0) is 12.3 Å². The van der Waals surface area contributed by atoms with Crippen molar-refractivity contribution in [2.24, 2.45) is 0 Å². The molecule has 0 aliphatic carbocycles. The molecule has 0 saturated heterocycles. The van der Waals surface area contributed by atoms with Crippen molar-refractivity contribution in [1.82, 2.24) is 14.1 Å². The topological polar surface area (TPSA) is 96.1 Å².